The largest absolute Gasteiger partial charge is 0.492 e. The maximum absolute atomic E-state index is 11.6. The lowest BCUT2D eigenvalue weighted by atomic mass is 10.1. The number of ether oxygens (including phenoxy) is 2. The number of nitriles is 1. The third-order valence-corrected chi connectivity index (χ3v) is 4.00. The summed E-state index contributed by atoms with van der Waals surface area (Å²) in [4.78, 5) is 18.1. The van der Waals surface area contributed by atoms with Gasteiger partial charge in [-0.15, -0.1) is 0 Å². The molecule has 0 bridgehead atoms. The highest BCUT2D eigenvalue weighted by Gasteiger charge is 2.20. The molecule has 0 radical (unpaired) electrons. The van der Waals surface area contributed by atoms with Crippen molar-refractivity contribution in [3.63, 3.8) is 0 Å². The van der Waals surface area contributed by atoms with Gasteiger partial charge in [-0.3, -0.25) is 14.3 Å². The van der Waals surface area contributed by atoms with E-state index in [-0.39, 0.29) is 5.91 Å². The Morgan fingerprint density at radius 1 is 1.37 bits per heavy atom. The van der Waals surface area contributed by atoms with Crippen molar-refractivity contribution < 1.29 is 18.8 Å². The minimum absolute atomic E-state index is 0.183. The molecule has 1 aromatic heterocycles. The summed E-state index contributed by atoms with van der Waals surface area (Å²) < 4.78 is 20.6. The molecule has 2 aromatic rings. The number of carbonyl (C=O) groups is 1. The minimum Gasteiger partial charge on any atom is -0.492 e. The van der Waals surface area contributed by atoms with Crippen LogP contribution in [0.5, 0.6) is 5.75 Å². The summed E-state index contributed by atoms with van der Waals surface area (Å²) in [5.41, 5.74) is 2.63. The number of rotatable bonds is 4. The maximum Gasteiger partial charge on any atom is 0.339 e. The fourth-order valence-corrected chi connectivity index (χ4v) is 2.98. The van der Waals surface area contributed by atoms with E-state index in [1.54, 1.807) is 12.3 Å². The van der Waals surface area contributed by atoms with Crippen molar-refractivity contribution in [2.45, 2.75) is 13.8 Å². The first-order chi connectivity index (χ1) is 14.1. The second kappa shape index (κ2) is 11.0. The van der Waals surface area contributed by atoms with E-state index in [9.17, 15) is 14.6 Å². The Hall–Kier alpha value is -1.75. The average Bonchev–Trinajstić information content (AvgIpc) is 2.67. The lowest BCUT2D eigenvalue weighted by Gasteiger charge is -2.30. The summed E-state index contributed by atoms with van der Waals surface area (Å²) >= 11 is 13.8. The molecule has 2 heterocycles. The summed E-state index contributed by atoms with van der Waals surface area (Å²) in [6.45, 7) is 6.45. The average molecular weight is 494 g/mol. The molecular weight excluding hydrogens is 474 g/mol. The van der Waals surface area contributed by atoms with Gasteiger partial charge in [0.15, 0.2) is 0 Å². The Morgan fingerprint density at radius 2 is 2.00 bits per heavy atom. The van der Waals surface area contributed by atoms with Gasteiger partial charge in [-0.05, 0) is 46.7 Å². The molecule has 12 heteroatoms. The van der Waals surface area contributed by atoms with Crippen LogP contribution >= 0.6 is 38.9 Å². The first kappa shape index (κ1) is 24.5. The number of morpholine rings is 1. The lowest BCUT2D eigenvalue weighted by Crippen LogP contribution is -2.36. The molecular formula is C18H20Cl3N4O4P. The molecule has 3 rings (SSSR count). The van der Waals surface area contributed by atoms with Gasteiger partial charge >= 0.3 is 5.20 Å². The molecule has 1 amide bonds. The Bertz CT molecular complexity index is 995. The molecule has 1 aliphatic heterocycles. The van der Waals surface area contributed by atoms with Gasteiger partial charge < -0.3 is 19.7 Å². The van der Waals surface area contributed by atoms with Gasteiger partial charge in [0.1, 0.15) is 11.8 Å². The van der Waals surface area contributed by atoms with E-state index in [2.05, 4.69) is 55.0 Å². The zero-order valence-corrected chi connectivity index (χ0v) is 19.5. The number of carbonyl (C=O) groups excluding carboxylic acids is 1. The normalized spacial score (nSPS) is 13.8. The van der Waals surface area contributed by atoms with Crippen molar-refractivity contribution in [1.82, 2.24) is 4.98 Å². The highest BCUT2D eigenvalue weighted by atomic mass is 36.0. The number of nitrogens with zero attached hydrogens (tertiary/aromatic N) is 3. The van der Waals surface area contributed by atoms with E-state index in [4.69, 9.17) is 9.47 Å². The molecule has 30 heavy (non-hydrogen) atoms. The number of nitrogens with one attached hydrogen (secondary N) is 1. The van der Waals surface area contributed by atoms with Crippen LogP contribution in [0, 0.1) is 11.3 Å². The molecule has 1 aromatic carbocycles. The predicted molar refractivity (Wildman–Crippen MR) is 120 cm³/mol. The number of halogens is 3. The van der Waals surface area contributed by atoms with Crippen LogP contribution in [-0.2, 0) is 14.1 Å². The van der Waals surface area contributed by atoms with E-state index in [1.165, 1.54) is 6.92 Å². The standard InChI is InChI=1S/C18H20N4O3.Cl3OP/c1-3-25-17-9-15-14(8-16(17)21-12(2)23)18(13(10-19)11-20-15)22-4-6-24-7-5-22;1-5(2,3)4/h8-9,11H,3-7H2,1-2H3,(H,21,23);. The van der Waals surface area contributed by atoms with Gasteiger partial charge in [-0.2, -0.15) is 5.26 Å². The van der Waals surface area contributed by atoms with Crippen molar-refractivity contribution in [2.24, 2.45) is 0 Å². The fraction of sp³-hybridized carbons (Fsp3) is 0.389. The quantitative estimate of drug-likeness (QED) is 0.590. The number of amides is 1. The fourth-order valence-electron chi connectivity index (χ4n) is 2.98. The summed E-state index contributed by atoms with van der Waals surface area (Å²) in [6, 6.07) is 5.86. The van der Waals surface area contributed by atoms with Gasteiger partial charge in [0.2, 0.25) is 5.91 Å². The first-order valence-corrected chi connectivity index (χ1v) is 13.3. The van der Waals surface area contributed by atoms with E-state index < -0.39 is 5.20 Å². The summed E-state index contributed by atoms with van der Waals surface area (Å²) in [6.07, 6.45) is 1.58. The van der Waals surface area contributed by atoms with Crippen molar-refractivity contribution in [2.75, 3.05) is 43.1 Å². The van der Waals surface area contributed by atoms with Crippen LogP contribution in [0.25, 0.3) is 10.9 Å². The topological polar surface area (TPSA) is 105 Å². The molecule has 0 unspecified atom stereocenters. The molecule has 1 saturated heterocycles. The minimum atomic E-state index is -3.22. The Balaban J connectivity index is 0.000000575. The van der Waals surface area contributed by atoms with Gasteiger partial charge in [0.05, 0.1) is 42.3 Å². The molecule has 0 spiro atoms. The van der Waals surface area contributed by atoms with Crippen molar-refractivity contribution in [3.05, 3.63) is 23.9 Å². The zero-order chi connectivity index (χ0) is 22.3. The molecule has 0 aliphatic carbocycles. The molecule has 0 saturated carbocycles. The van der Waals surface area contributed by atoms with Crippen molar-refractivity contribution in [3.8, 4) is 11.8 Å². The van der Waals surface area contributed by atoms with Crippen LogP contribution in [0.15, 0.2) is 18.3 Å². The molecule has 0 atom stereocenters. The Morgan fingerprint density at radius 3 is 2.53 bits per heavy atom. The number of anilines is 2. The van der Waals surface area contributed by atoms with Crippen LogP contribution in [0.2, 0.25) is 0 Å². The molecule has 8 nitrogen and oxygen atoms in total. The van der Waals surface area contributed by atoms with Crippen LogP contribution in [0.1, 0.15) is 19.4 Å². The van der Waals surface area contributed by atoms with Crippen molar-refractivity contribution >= 4 is 67.1 Å². The highest BCUT2D eigenvalue weighted by molar-refractivity contribution is 8.24. The van der Waals surface area contributed by atoms with Crippen LogP contribution in [0.3, 0.4) is 0 Å². The smallest absolute Gasteiger partial charge is 0.339 e. The predicted octanol–water partition coefficient (Wildman–Crippen LogP) is 5.11. The Labute approximate surface area is 188 Å². The van der Waals surface area contributed by atoms with E-state index in [1.807, 2.05) is 13.0 Å². The summed E-state index contributed by atoms with van der Waals surface area (Å²) in [5, 5.41) is 9.91. The number of hydrogen-bond donors (Lipinski definition) is 1. The molecule has 162 valence electrons. The number of fused-ring (bicyclic) bond motifs is 1. The number of aromatic nitrogens is 1. The van der Waals surface area contributed by atoms with Gasteiger partial charge in [-0.1, -0.05) is 0 Å². The zero-order valence-electron chi connectivity index (χ0n) is 16.3. The molecule has 1 fully saturated rings. The molecule has 1 aliphatic rings. The van der Waals surface area contributed by atoms with Gasteiger partial charge in [0.25, 0.3) is 0 Å². The second-order valence-electron chi connectivity index (χ2n) is 6.11. The van der Waals surface area contributed by atoms with Crippen LogP contribution in [0.4, 0.5) is 11.4 Å². The lowest BCUT2D eigenvalue weighted by molar-refractivity contribution is -0.114. The Kier molecular flexibility index (Phi) is 9.02. The summed E-state index contributed by atoms with van der Waals surface area (Å²) in [5.74, 6) is 0.382. The third-order valence-electron chi connectivity index (χ3n) is 4.00. The van der Waals surface area contributed by atoms with Crippen molar-refractivity contribution in [1.29, 1.82) is 5.26 Å². The van der Waals surface area contributed by atoms with E-state index in [0.717, 1.165) is 16.6 Å². The second-order valence-corrected chi connectivity index (χ2v) is 12.7. The first-order valence-electron chi connectivity index (χ1n) is 8.93. The van der Waals surface area contributed by atoms with Gasteiger partial charge in [-0.25, -0.2) is 0 Å². The number of pyridine rings is 1. The molecule has 1 N–H and O–H groups in total. The third kappa shape index (κ3) is 7.19. The van der Waals surface area contributed by atoms with E-state index in [0.29, 0.717) is 49.9 Å². The maximum atomic E-state index is 11.6. The van der Waals surface area contributed by atoms with Crippen LogP contribution < -0.4 is 15.0 Å². The SMILES string of the molecule is CCOc1cc2ncc(C#N)c(N3CCOCC3)c2cc1NC(C)=O.O=P(Cl)(Cl)Cl. The summed E-state index contributed by atoms with van der Waals surface area (Å²) in [7, 11) is 0. The monoisotopic (exact) mass is 492 g/mol. The van der Waals surface area contributed by atoms with Gasteiger partial charge in [0, 0.05) is 37.7 Å². The van der Waals surface area contributed by atoms with E-state index >= 15 is 0 Å². The van der Waals surface area contributed by atoms with Crippen LogP contribution in [-0.4, -0.2) is 43.8 Å². The highest BCUT2D eigenvalue weighted by Crippen LogP contribution is 2.61. The number of hydrogen-bond acceptors (Lipinski definition) is 7. The number of benzene rings is 1.